The third-order valence-electron chi connectivity index (χ3n) is 8.02. The smallest absolute Gasteiger partial charge is 0.410 e. The number of fused-ring (bicyclic) bond motifs is 1. The normalized spacial score (nSPS) is 13.7. The number of carbonyl (C=O) groups is 4. The van der Waals surface area contributed by atoms with E-state index >= 15 is 0 Å². The van der Waals surface area contributed by atoms with Crippen LogP contribution in [-0.4, -0.2) is 92.3 Å². The molecule has 0 spiro atoms. The average Bonchev–Trinajstić information content (AvgIpc) is 3.46. The first-order valence-corrected chi connectivity index (χ1v) is 16.6. The van der Waals surface area contributed by atoms with E-state index in [0.29, 0.717) is 43.9 Å². The number of hydrogen-bond acceptors (Lipinski definition) is 7. The summed E-state index contributed by atoms with van der Waals surface area (Å²) < 4.78 is 7.12. The zero-order valence-corrected chi connectivity index (χ0v) is 29.9. The van der Waals surface area contributed by atoms with Crippen LogP contribution in [0.25, 0.3) is 5.78 Å². The van der Waals surface area contributed by atoms with Gasteiger partial charge in [0.05, 0.1) is 0 Å². The number of rotatable bonds is 14. The molecule has 0 fully saturated rings. The quantitative estimate of drug-likeness (QED) is 0.238. The lowest BCUT2D eigenvalue weighted by Gasteiger charge is -2.33. The van der Waals surface area contributed by atoms with E-state index in [2.05, 4.69) is 39.7 Å². The number of imidazole rings is 1. The molecule has 0 aliphatic rings. The van der Waals surface area contributed by atoms with Crippen molar-refractivity contribution in [3.8, 4) is 0 Å². The molecule has 3 aromatic rings. The number of likely N-dealkylation sites (N-methyl/N-ethyl adjacent to an activating group) is 1. The maximum absolute atomic E-state index is 13.6. The molecule has 12 nitrogen and oxygen atoms in total. The fourth-order valence-electron chi connectivity index (χ4n) is 5.12. The zero-order chi connectivity index (χ0) is 35.6. The summed E-state index contributed by atoms with van der Waals surface area (Å²) in [5.74, 6) is -0.266. The van der Waals surface area contributed by atoms with Crippen molar-refractivity contribution in [2.45, 2.75) is 92.3 Å². The summed E-state index contributed by atoms with van der Waals surface area (Å²) >= 11 is 0. The Balaban J connectivity index is 1.56. The number of hydrogen-bond donors (Lipinski definition) is 2. The van der Waals surface area contributed by atoms with Crippen LogP contribution in [0.5, 0.6) is 0 Å². The second-order valence-corrected chi connectivity index (χ2v) is 14.6. The van der Waals surface area contributed by atoms with Gasteiger partial charge in [-0.3, -0.25) is 23.7 Å². The van der Waals surface area contributed by atoms with E-state index in [1.807, 2.05) is 50.1 Å². The van der Waals surface area contributed by atoms with Crippen LogP contribution in [0.4, 0.5) is 4.79 Å². The van der Waals surface area contributed by atoms with E-state index in [-0.39, 0.29) is 17.7 Å². The van der Waals surface area contributed by atoms with Gasteiger partial charge in [0.15, 0.2) is 0 Å². The van der Waals surface area contributed by atoms with Crippen LogP contribution in [0.2, 0.25) is 0 Å². The molecule has 3 atom stereocenters. The Hall–Kier alpha value is -4.48. The summed E-state index contributed by atoms with van der Waals surface area (Å²) in [4.78, 5) is 64.3. The van der Waals surface area contributed by atoms with Crippen molar-refractivity contribution in [1.29, 1.82) is 0 Å². The molecule has 2 heterocycles. The molecule has 0 aliphatic heterocycles. The summed E-state index contributed by atoms with van der Waals surface area (Å²) in [5.41, 5.74) is 0.219. The Morgan fingerprint density at radius 3 is 2.29 bits per heavy atom. The summed E-state index contributed by atoms with van der Waals surface area (Å²) in [6.07, 6.45) is 6.73. The van der Waals surface area contributed by atoms with Gasteiger partial charge in [0.2, 0.25) is 17.6 Å². The van der Waals surface area contributed by atoms with Gasteiger partial charge in [-0.1, -0.05) is 58.0 Å². The lowest BCUT2D eigenvalue weighted by atomic mass is 9.86. The van der Waals surface area contributed by atoms with Crippen LogP contribution < -0.4 is 10.6 Å². The molecule has 1 aromatic carbocycles. The fraction of sp³-hybridized carbons (Fsp3) is 0.556. The standard InChI is InChI=1S/C36H53N7O5/c1-25(23-42(22-18-27-16-11-10-12-17-27)32(46)28-24-43-21-14-20-38-33(43)39-28)15-13-19-37-31(45)29(35(3,4)5)40-30(44)26(2)41(9)34(47)48-36(6,7)8/h10-12,14,16-17,20-21,24-26,29H,13,15,18-19,22-23H2,1-9H3,(H,37,45)(H,40,44)/t25-,26-,29+/m0/s1. The van der Waals surface area contributed by atoms with E-state index in [0.717, 1.165) is 12.0 Å². The maximum atomic E-state index is 13.6. The van der Waals surface area contributed by atoms with Crippen LogP contribution in [0.3, 0.4) is 0 Å². The van der Waals surface area contributed by atoms with E-state index in [1.165, 1.54) is 11.9 Å². The van der Waals surface area contributed by atoms with Gasteiger partial charge in [-0.25, -0.2) is 14.8 Å². The van der Waals surface area contributed by atoms with Crippen LogP contribution in [-0.2, 0) is 20.7 Å². The predicted molar refractivity (Wildman–Crippen MR) is 185 cm³/mol. The summed E-state index contributed by atoms with van der Waals surface area (Å²) in [7, 11) is 1.50. The Kier molecular flexibility index (Phi) is 13.1. The highest BCUT2D eigenvalue weighted by molar-refractivity contribution is 5.93. The third kappa shape index (κ3) is 11.3. The topological polar surface area (TPSA) is 138 Å². The number of aromatic nitrogens is 3. The second kappa shape index (κ2) is 16.6. The minimum absolute atomic E-state index is 0.146. The lowest BCUT2D eigenvalue weighted by Crippen LogP contribution is -2.57. The Bertz CT molecular complexity index is 1490. The van der Waals surface area contributed by atoms with Crippen molar-refractivity contribution in [3.05, 3.63) is 66.2 Å². The van der Waals surface area contributed by atoms with Crippen molar-refractivity contribution < 1.29 is 23.9 Å². The molecule has 0 saturated heterocycles. The number of amides is 4. The first kappa shape index (κ1) is 38.0. The molecule has 12 heteroatoms. The molecule has 0 aliphatic carbocycles. The molecule has 0 unspecified atom stereocenters. The molecule has 3 rings (SSSR count). The van der Waals surface area contributed by atoms with E-state index in [9.17, 15) is 19.2 Å². The van der Waals surface area contributed by atoms with Crippen LogP contribution in [0, 0.1) is 11.3 Å². The number of ether oxygens (including phenoxy) is 1. The second-order valence-electron chi connectivity index (χ2n) is 14.6. The average molecular weight is 664 g/mol. The number of nitrogens with one attached hydrogen (secondary N) is 2. The molecule has 48 heavy (non-hydrogen) atoms. The molecule has 0 radical (unpaired) electrons. The molecule has 262 valence electrons. The summed E-state index contributed by atoms with van der Waals surface area (Å²) in [6, 6.07) is 10.2. The van der Waals surface area contributed by atoms with Gasteiger partial charge in [-0.05, 0) is 69.9 Å². The summed E-state index contributed by atoms with van der Waals surface area (Å²) in [5, 5.41) is 5.82. The number of carbonyl (C=O) groups excluding carboxylic acids is 4. The van der Waals surface area contributed by atoms with E-state index < -0.39 is 35.1 Å². The van der Waals surface area contributed by atoms with Gasteiger partial charge >= 0.3 is 6.09 Å². The minimum Gasteiger partial charge on any atom is -0.444 e. The van der Waals surface area contributed by atoms with Gasteiger partial charge in [0.25, 0.3) is 5.91 Å². The molecule has 0 saturated carbocycles. The molecular formula is C36H53N7O5. The molecule has 2 N–H and O–H groups in total. The van der Waals surface area contributed by atoms with Crippen LogP contribution >= 0.6 is 0 Å². The summed E-state index contributed by atoms with van der Waals surface area (Å²) in [6.45, 7) is 16.1. The monoisotopic (exact) mass is 663 g/mol. The molecule has 4 amide bonds. The SMILES string of the molecule is C[C@@H](CCCNC(=O)[C@@H](NC(=O)[C@H](C)N(C)C(=O)OC(C)(C)C)C(C)(C)C)CN(CCc1ccccc1)C(=O)c1cn2cccnc2n1. The van der Waals surface area contributed by atoms with Gasteiger partial charge < -0.3 is 20.3 Å². The van der Waals surface area contributed by atoms with Gasteiger partial charge in [0, 0.05) is 45.3 Å². The Morgan fingerprint density at radius 1 is 0.979 bits per heavy atom. The fourth-order valence-corrected chi connectivity index (χ4v) is 5.12. The van der Waals surface area contributed by atoms with Gasteiger partial charge in [0.1, 0.15) is 23.4 Å². The Morgan fingerprint density at radius 2 is 1.67 bits per heavy atom. The molecular weight excluding hydrogens is 610 g/mol. The molecule has 0 bridgehead atoms. The Labute approximate surface area is 284 Å². The van der Waals surface area contributed by atoms with Crippen molar-refractivity contribution in [2.75, 3.05) is 26.7 Å². The lowest BCUT2D eigenvalue weighted by molar-refractivity contribution is -0.133. The first-order chi connectivity index (χ1) is 22.5. The van der Waals surface area contributed by atoms with Gasteiger partial charge in [-0.2, -0.15) is 0 Å². The van der Waals surface area contributed by atoms with Crippen LogP contribution in [0.1, 0.15) is 84.3 Å². The highest BCUT2D eigenvalue weighted by Crippen LogP contribution is 2.21. The van der Waals surface area contributed by atoms with Gasteiger partial charge in [-0.15, -0.1) is 0 Å². The van der Waals surface area contributed by atoms with Crippen molar-refractivity contribution in [3.63, 3.8) is 0 Å². The van der Waals surface area contributed by atoms with E-state index in [1.54, 1.807) is 50.6 Å². The van der Waals surface area contributed by atoms with E-state index in [4.69, 9.17) is 4.74 Å². The number of benzene rings is 1. The maximum Gasteiger partial charge on any atom is 0.410 e. The van der Waals surface area contributed by atoms with Crippen molar-refractivity contribution >= 4 is 29.6 Å². The van der Waals surface area contributed by atoms with Crippen molar-refractivity contribution in [2.24, 2.45) is 11.3 Å². The molecule has 2 aromatic heterocycles. The van der Waals surface area contributed by atoms with Crippen LogP contribution in [0.15, 0.2) is 55.0 Å². The van der Waals surface area contributed by atoms with Crippen molar-refractivity contribution in [1.82, 2.24) is 34.8 Å². The largest absolute Gasteiger partial charge is 0.444 e. The minimum atomic E-state index is -0.845. The third-order valence-corrected chi connectivity index (χ3v) is 8.02. The predicted octanol–water partition coefficient (Wildman–Crippen LogP) is 4.73. The highest BCUT2D eigenvalue weighted by atomic mass is 16.6. The number of nitrogens with zero attached hydrogens (tertiary/aromatic N) is 5. The first-order valence-electron chi connectivity index (χ1n) is 16.6. The zero-order valence-electron chi connectivity index (χ0n) is 29.9. The highest BCUT2D eigenvalue weighted by Gasteiger charge is 2.35.